The highest BCUT2D eigenvalue weighted by Crippen LogP contribution is 2.53. The summed E-state index contributed by atoms with van der Waals surface area (Å²) in [6, 6.07) is 0. The van der Waals surface area contributed by atoms with Crippen molar-refractivity contribution >= 4 is 11.8 Å². The summed E-state index contributed by atoms with van der Waals surface area (Å²) in [4.78, 5) is 0. The highest BCUT2D eigenvalue weighted by molar-refractivity contribution is 7.99. The zero-order valence-electron chi connectivity index (χ0n) is 11.2. The summed E-state index contributed by atoms with van der Waals surface area (Å²) in [6.07, 6.45) is 5.97. The molecule has 0 aromatic carbocycles. The van der Waals surface area contributed by atoms with Crippen LogP contribution >= 0.6 is 11.8 Å². The zero-order chi connectivity index (χ0) is 12.6. The Balaban J connectivity index is 2.22. The molecule has 1 unspecified atom stereocenters. The molecule has 3 heteroatoms. The van der Waals surface area contributed by atoms with Crippen molar-refractivity contribution in [3.63, 3.8) is 0 Å². The number of aliphatic hydroxyl groups excluding tert-OH is 1. The zero-order valence-corrected chi connectivity index (χ0v) is 12.0. The Hall–Kier alpha value is 0.270. The van der Waals surface area contributed by atoms with E-state index >= 15 is 0 Å². The summed E-state index contributed by atoms with van der Waals surface area (Å²) in [6.45, 7) is 4.65. The van der Waals surface area contributed by atoms with Crippen LogP contribution in [0.15, 0.2) is 0 Å². The van der Waals surface area contributed by atoms with Crippen LogP contribution in [0.4, 0.5) is 0 Å². The van der Waals surface area contributed by atoms with E-state index < -0.39 is 5.60 Å². The first-order valence-corrected chi connectivity index (χ1v) is 8.00. The molecule has 1 heterocycles. The van der Waals surface area contributed by atoms with Crippen molar-refractivity contribution in [3.8, 4) is 0 Å². The van der Waals surface area contributed by atoms with Crippen molar-refractivity contribution in [2.45, 2.75) is 58.0 Å². The van der Waals surface area contributed by atoms with Crippen LogP contribution in [0.2, 0.25) is 0 Å². The normalized spacial score (nSPS) is 36.7. The lowest BCUT2D eigenvalue weighted by Crippen LogP contribution is -2.56. The lowest BCUT2D eigenvalue weighted by molar-refractivity contribution is -0.156. The van der Waals surface area contributed by atoms with Crippen molar-refractivity contribution in [3.05, 3.63) is 0 Å². The first kappa shape index (κ1) is 13.7. The Bertz CT molecular complexity index is 271. The second-order valence-corrected chi connectivity index (χ2v) is 8.00. The van der Waals surface area contributed by atoms with Gasteiger partial charge in [-0.05, 0) is 49.0 Å². The fourth-order valence-corrected chi connectivity index (χ4v) is 5.09. The molecular weight excluding hydrogens is 232 g/mol. The van der Waals surface area contributed by atoms with Crippen molar-refractivity contribution in [1.29, 1.82) is 0 Å². The van der Waals surface area contributed by atoms with E-state index in [0.29, 0.717) is 0 Å². The minimum atomic E-state index is -0.634. The molecule has 2 nitrogen and oxygen atoms in total. The third-order valence-electron chi connectivity index (χ3n) is 4.95. The molecular formula is C14H26O2S. The monoisotopic (exact) mass is 258 g/mol. The van der Waals surface area contributed by atoms with E-state index in [9.17, 15) is 10.2 Å². The maximum atomic E-state index is 11.1. The molecule has 1 aliphatic heterocycles. The van der Waals surface area contributed by atoms with Gasteiger partial charge in [0.05, 0.1) is 12.2 Å². The van der Waals surface area contributed by atoms with E-state index in [1.807, 2.05) is 11.8 Å². The number of hydrogen-bond acceptors (Lipinski definition) is 3. The lowest BCUT2D eigenvalue weighted by atomic mass is 9.57. The van der Waals surface area contributed by atoms with Gasteiger partial charge in [0.2, 0.25) is 0 Å². The predicted molar refractivity (Wildman–Crippen MR) is 73.3 cm³/mol. The van der Waals surface area contributed by atoms with Gasteiger partial charge in [0.25, 0.3) is 0 Å². The summed E-state index contributed by atoms with van der Waals surface area (Å²) in [5.74, 6) is 2.17. The molecule has 2 aliphatic rings. The molecule has 1 aliphatic carbocycles. The Morgan fingerprint density at radius 2 is 1.71 bits per heavy atom. The van der Waals surface area contributed by atoms with Crippen LogP contribution in [0, 0.1) is 10.8 Å². The molecule has 0 aromatic rings. The van der Waals surface area contributed by atoms with Crippen LogP contribution in [0.3, 0.4) is 0 Å². The predicted octanol–water partition coefficient (Wildman–Crippen LogP) is 2.82. The third kappa shape index (κ3) is 2.52. The molecule has 2 N–H and O–H groups in total. The van der Waals surface area contributed by atoms with Gasteiger partial charge in [-0.25, -0.2) is 0 Å². The highest BCUT2D eigenvalue weighted by atomic mass is 32.2. The molecule has 0 bridgehead atoms. The summed E-state index contributed by atoms with van der Waals surface area (Å²) in [5, 5.41) is 21.0. The highest BCUT2D eigenvalue weighted by Gasteiger charge is 2.53. The SMILES string of the molecule is CC1(C)CCCC(O)(C2(CO)CCSCC2)C1. The van der Waals surface area contributed by atoms with Crippen molar-refractivity contribution in [2.24, 2.45) is 10.8 Å². The Labute approximate surface area is 109 Å². The lowest BCUT2D eigenvalue weighted by Gasteiger charge is -2.54. The minimum absolute atomic E-state index is 0.153. The molecule has 0 amide bonds. The van der Waals surface area contributed by atoms with Gasteiger partial charge in [0.15, 0.2) is 0 Å². The number of thioether (sulfide) groups is 1. The van der Waals surface area contributed by atoms with E-state index in [2.05, 4.69) is 13.8 Å². The third-order valence-corrected chi connectivity index (χ3v) is 5.94. The Morgan fingerprint density at radius 1 is 1.06 bits per heavy atom. The summed E-state index contributed by atoms with van der Waals surface area (Å²) >= 11 is 1.95. The fraction of sp³-hybridized carbons (Fsp3) is 1.00. The molecule has 2 rings (SSSR count). The van der Waals surface area contributed by atoms with Crippen LogP contribution in [0.25, 0.3) is 0 Å². The van der Waals surface area contributed by atoms with E-state index in [1.165, 1.54) is 6.42 Å². The van der Waals surface area contributed by atoms with E-state index in [4.69, 9.17) is 0 Å². The molecule has 0 radical (unpaired) electrons. The Morgan fingerprint density at radius 3 is 2.24 bits per heavy atom. The number of hydrogen-bond donors (Lipinski definition) is 2. The van der Waals surface area contributed by atoms with Crippen LogP contribution < -0.4 is 0 Å². The van der Waals surface area contributed by atoms with Gasteiger partial charge in [-0.15, -0.1) is 0 Å². The fourth-order valence-electron chi connectivity index (χ4n) is 3.81. The molecule has 2 fully saturated rings. The van der Waals surface area contributed by atoms with Gasteiger partial charge in [-0.1, -0.05) is 20.3 Å². The smallest absolute Gasteiger partial charge is 0.0731 e. The Kier molecular flexibility index (Phi) is 3.82. The van der Waals surface area contributed by atoms with Crippen molar-refractivity contribution in [2.75, 3.05) is 18.1 Å². The molecule has 1 atom stereocenters. The van der Waals surface area contributed by atoms with E-state index in [0.717, 1.165) is 43.6 Å². The van der Waals surface area contributed by atoms with Gasteiger partial charge in [0, 0.05) is 5.41 Å². The maximum Gasteiger partial charge on any atom is 0.0731 e. The molecule has 100 valence electrons. The van der Waals surface area contributed by atoms with Gasteiger partial charge in [-0.2, -0.15) is 11.8 Å². The van der Waals surface area contributed by atoms with Gasteiger partial charge < -0.3 is 10.2 Å². The topological polar surface area (TPSA) is 40.5 Å². The first-order valence-electron chi connectivity index (χ1n) is 6.84. The van der Waals surface area contributed by atoms with Gasteiger partial charge in [-0.3, -0.25) is 0 Å². The van der Waals surface area contributed by atoms with Crippen molar-refractivity contribution in [1.82, 2.24) is 0 Å². The van der Waals surface area contributed by atoms with Gasteiger partial charge >= 0.3 is 0 Å². The molecule has 1 saturated carbocycles. The minimum Gasteiger partial charge on any atom is -0.396 e. The maximum absolute atomic E-state index is 11.1. The van der Waals surface area contributed by atoms with Gasteiger partial charge in [0.1, 0.15) is 0 Å². The largest absolute Gasteiger partial charge is 0.396 e. The number of aliphatic hydroxyl groups is 2. The summed E-state index contributed by atoms with van der Waals surface area (Å²) in [7, 11) is 0. The van der Waals surface area contributed by atoms with Crippen LogP contribution in [-0.4, -0.2) is 33.9 Å². The molecule has 1 saturated heterocycles. The molecule has 0 aromatic heterocycles. The standard InChI is InChI=1S/C14H26O2S/c1-12(2)4-3-5-14(16,10-12)13(11-15)6-8-17-9-7-13/h15-16H,3-11H2,1-2H3. The summed E-state index contributed by atoms with van der Waals surface area (Å²) < 4.78 is 0. The van der Waals surface area contributed by atoms with Crippen LogP contribution in [0.1, 0.15) is 52.4 Å². The van der Waals surface area contributed by atoms with Crippen molar-refractivity contribution < 1.29 is 10.2 Å². The summed E-state index contributed by atoms with van der Waals surface area (Å²) in [5.41, 5.74) is -0.639. The molecule has 0 spiro atoms. The average Bonchev–Trinajstić information content (AvgIpc) is 2.28. The van der Waals surface area contributed by atoms with Crippen LogP contribution in [-0.2, 0) is 0 Å². The van der Waals surface area contributed by atoms with Crippen LogP contribution in [0.5, 0.6) is 0 Å². The second kappa shape index (κ2) is 4.75. The first-order chi connectivity index (χ1) is 7.93. The quantitative estimate of drug-likeness (QED) is 0.800. The number of rotatable bonds is 2. The second-order valence-electron chi connectivity index (χ2n) is 6.78. The average molecular weight is 258 g/mol. The molecule has 17 heavy (non-hydrogen) atoms. The van der Waals surface area contributed by atoms with E-state index in [1.54, 1.807) is 0 Å². The van der Waals surface area contributed by atoms with E-state index in [-0.39, 0.29) is 17.4 Å².